The first kappa shape index (κ1) is 17.1. The fourth-order valence-electron chi connectivity index (χ4n) is 1.94. The van der Waals surface area contributed by atoms with Gasteiger partial charge in [0, 0.05) is 23.6 Å². The minimum absolute atomic E-state index is 0.258. The average Bonchev–Trinajstić information content (AvgIpc) is 2.94. The second-order valence-electron chi connectivity index (χ2n) is 4.42. The summed E-state index contributed by atoms with van der Waals surface area (Å²) in [6, 6.07) is 8.58. The summed E-state index contributed by atoms with van der Waals surface area (Å²) in [6.45, 7) is 0.321. The second kappa shape index (κ2) is 7.83. The average molecular weight is 360 g/mol. The third kappa shape index (κ3) is 4.14. The molecule has 0 spiro atoms. The summed E-state index contributed by atoms with van der Waals surface area (Å²) >= 11 is 13.3. The van der Waals surface area contributed by atoms with Gasteiger partial charge >= 0.3 is 0 Å². The fourth-order valence-corrected chi connectivity index (χ4v) is 3.25. The predicted octanol–water partition coefficient (Wildman–Crippen LogP) is 4.18. The highest BCUT2D eigenvalue weighted by Crippen LogP contribution is 2.28. The van der Waals surface area contributed by atoms with Crippen LogP contribution in [0.15, 0.2) is 30.3 Å². The first-order chi connectivity index (χ1) is 10.5. The molecule has 7 heteroatoms. The van der Waals surface area contributed by atoms with Crippen LogP contribution in [0.2, 0.25) is 9.36 Å². The first-order valence-corrected chi connectivity index (χ1v) is 8.02. The minimum Gasteiger partial charge on any atom is -0.496 e. The van der Waals surface area contributed by atoms with Crippen molar-refractivity contribution in [2.24, 2.45) is 0 Å². The SMILES string of the molecule is COc1ccc(Cl)cc1C(=O)NCC(OC)c1ccc(Cl)s1. The number of carbonyl (C=O) groups excluding carboxylic acids is 1. The molecule has 0 aliphatic heterocycles. The highest BCUT2D eigenvalue weighted by molar-refractivity contribution is 7.16. The Morgan fingerprint density at radius 3 is 2.64 bits per heavy atom. The van der Waals surface area contributed by atoms with Crippen molar-refractivity contribution in [3.63, 3.8) is 0 Å². The van der Waals surface area contributed by atoms with Crippen LogP contribution in [-0.2, 0) is 4.74 Å². The van der Waals surface area contributed by atoms with E-state index in [1.807, 2.05) is 6.07 Å². The van der Waals surface area contributed by atoms with Gasteiger partial charge in [0.1, 0.15) is 11.9 Å². The number of halogens is 2. The maximum atomic E-state index is 12.3. The van der Waals surface area contributed by atoms with Crippen molar-refractivity contribution in [1.82, 2.24) is 5.32 Å². The van der Waals surface area contributed by atoms with Crippen LogP contribution in [0, 0.1) is 0 Å². The van der Waals surface area contributed by atoms with Crippen LogP contribution >= 0.6 is 34.5 Å². The Hall–Kier alpha value is -1.27. The molecule has 1 atom stereocenters. The highest BCUT2D eigenvalue weighted by Gasteiger charge is 2.17. The van der Waals surface area contributed by atoms with Gasteiger partial charge < -0.3 is 14.8 Å². The van der Waals surface area contributed by atoms with Gasteiger partial charge in [-0.25, -0.2) is 0 Å². The zero-order valence-corrected chi connectivity index (χ0v) is 14.4. The van der Waals surface area contributed by atoms with Gasteiger partial charge in [-0.3, -0.25) is 4.79 Å². The lowest BCUT2D eigenvalue weighted by molar-refractivity contribution is 0.0835. The molecule has 2 aromatic rings. The number of benzene rings is 1. The number of carbonyl (C=O) groups is 1. The van der Waals surface area contributed by atoms with E-state index in [0.717, 1.165) is 4.88 Å². The molecule has 22 heavy (non-hydrogen) atoms. The monoisotopic (exact) mass is 359 g/mol. The summed E-state index contributed by atoms with van der Waals surface area (Å²) in [5.41, 5.74) is 0.383. The van der Waals surface area contributed by atoms with E-state index < -0.39 is 0 Å². The van der Waals surface area contributed by atoms with Gasteiger partial charge in [-0.05, 0) is 30.3 Å². The molecule has 1 aromatic carbocycles. The van der Waals surface area contributed by atoms with Crippen molar-refractivity contribution in [1.29, 1.82) is 0 Å². The Morgan fingerprint density at radius 2 is 2.05 bits per heavy atom. The van der Waals surface area contributed by atoms with Crippen LogP contribution in [0.25, 0.3) is 0 Å². The van der Waals surface area contributed by atoms with Gasteiger partial charge in [0.25, 0.3) is 5.91 Å². The van der Waals surface area contributed by atoms with Crippen LogP contribution in [0.3, 0.4) is 0 Å². The highest BCUT2D eigenvalue weighted by atomic mass is 35.5. The minimum atomic E-state index is -0.274. The van der Waals surface area contributed by atoms with Gasteiger partial charge in [0.15, 0.2) is 0 Å². The van der Waals surface area contributed by atoms with Crippen LogP contribution in [0.4, 0.5) is 0 Å². The third-order valence-corrected chi connectivity index (χ3v) is 4.61. The molecule has 1 unspecified atom stereocenters. The van der Waals surface area contributed by atoms with Gasteiger partial charge in [0.2, 0.25) is 0 Å². The van der Waals surface area contributed by atoms with Gasteiger partial charge in [0.05, 0.1) is 17.0 Å². The van der Waals surface area contributed by atoms with Crippen LogP contribution in [0.5, 0.6) is 5.75 Å². The summed E-state index contributed by atoms with van der Waals surface area (Å²) < 4.78 is 11.3. The smallest absolute Gasteiger partial charge is 0.255 e. The number of nitrogens with one attached hydrogen (secondary N) is 1. The molecular formula is C15H15Cl2NO3S. The Balaban J connectivity index is 2.07. The maximum Gasteiger partial charge on any atom is 0.255 e. The molecule has 0 saturated carbocycles. The second-order valence-corrected chi connectivity index (χ2v) is 6.60. The Bertz CT molecular complexity index is 660. The van der Waals surface area contributed by atoms with E-state index in [1.165, 1.54) is 18.4 Å². The number of hydrogen-bond acceptors (Lipinski definition) is 4. The summed E-state index contributed by atoms with van der Waals surface area (Å²) in [5.74, 6) is 0.194. The molecule has 0 bridgehead atoms. The summed E-state index contributed by atoms with van der Waals surface area (Å²) in [4.78, 5) is 13.3. The summed E-state index contributed by atoms with van der Waals surface area (Å²) in [6.07, 6.45) is -0.258. The molecule has 0 fully saturated rings. The van der Waals surface area contributed by atoms with Crippen LogP contribution < -0.4 is 10.1 Å². The quantitative estimate of drug-likeness (QED) is 0.841. The topological polar surface area (TPSA) is 47.6 Å². The normalized spacial score (nSPS) is 12.0. The molecule has 0 radical (unpaired) electrons. The third-order valence-electron chi connectivity index (χ3n) is 3.05. The lowest BCUT2D eigenvalue weighted by atomic mass is 10.2. The molecule has 1 aromatic heterocycles. The number of amides is 1. The molecular weight excluding hydrogens is 345 g/mol. The van der Waals surface area contributed by atoms with E-state index >= 15 is 0 Å². The summed E-state index contributed by atoms with van der Waals surface area (Å²) in [5, 5.41) is 3.29. The number of thiophene rings is 1. The lowest BCUT2D eigenvalue weighted by Crippen LogP contribution is -2.29. The number of ether oxygens (including phenoxy) is 2. The number of methoxy groups -OCH3 is 2. The van der Waals surface area contributed by atoms with Gasteiger partial charge in [-0.15, -0.1) is 11.3 Å². The largest absolute Gasteiger partial charge is 0.496 e. The van der Waals surface area contributed by atoms with E-state index in [-0.39, 0.29) is 12.0 Å². The Morgan fingerprint density at radius 1 is 1.27 bits per heavy atom. The molecule has 0 aliphatic carbocycles. The molecule has 1 amide bonds. The summed E-state index contributed by atoms with van der Waals surface area (Å²) in [7, 11) is 3.09. The van der Waals surface area contributed by atoms with E-state index in [9.17, 15) is 4.79 Å². The molecule has 4 nitrogen and oxygen atoms in total. The van der Waals surface area contributed by atoms with Crippen LogP contribution in [0.1, 0.15) is 21.3 Å². The van der Waals surface area contributed by atoms with E-state index in [1.54, 1.807) is 31.4 Å². The molecule has 1 heterocycles. The predicted molar refractivity (Wildman–Crippen MR) is 89.4 cm³/mol. The Labute approximate surface area is 142 Å². The number of rotatable bonds is 6. The van der Waals surface area contributed by atoms with Crippen molar-refractivity contribution in [3.8, 4) is 5.75 Å². The van der Waals surface area contributed by atoms with E-state index in [0.29, 0.717) is 27.2 Å². The van der Waals surface area contributed by atoms with Crippen molar-refractivity contribution < 1.29 is 14.3 Å². The Kier molecular flexibility index (Phi) is 6.08. The lowest BCUT2D eigenvalue weighted by Gasteiger charge is -2.15. The maximum absolute atomic E-state index is 12.3. The molecule has 0 saturated heterocycles. The van der Waals surface area contributed by atoms with Crippen LogP contribution in [-0.4, -0.2) is 26.7 Å². The van der Waals surface area contributed by atoms with E-state index in [4.69, 9.17) is 32.7 Å². The molecule has 0 aliphatic rings. The van der Waals surface area contributed by atoms with Crippen molar-refractivity contribution in [2.75, 3.05) is 20.8 Å². The molecule has 2 rings (SSSR count). The zero-order chi connectivity index (χ0) is 16.1. The molecule has 118 valence electrons. The number of hydrogen-bond donors (Lipinski definition) is 1. The van der Waals surface area contributed by atoms with Crippen molar-refractivity contribution in [2.45, 2.75) is 6.10 Å². The van der Waals surface area contributed by atoms with Crippen molar-refractivity contribution in [3.05, 3.63) is 50.1 Å². The van der Waals surface area contributed by atoms with Crippen molar-refractivity contribution >= 4 is 40.4 Å². The van der Waals surface area contributed by atoms with Gasteiger partial charge in [-0.2, -0.15) is 0 Å². The van der Waals surface area contributed by atoms with Gasteiger partial charge in [-0.1, -0.05) is 23.2 Å². The zero-order valence-electron chi connectivity index (χ0n) is 12.1. The fraction of sp³-hybridized carbons (Fsp3) is 0.267. The molecule has 1 N–H and O–H groups in total. The standard InChI is InChI=1S/C15H15Cl2NO3S/c1-20-11-4-3-9(16)7-10(11)15(19)18-8-12(21-2)13-5-6-14(17)22-13/h3-7,12H,8H2,1-2H3,(H,18,19). The van der Waals surface area contributed by atoms with E-state index in [2.05, 4.69) is 5.32 Å². The first-order valence-electron chi connectivity index (χ1n) is 6.45.